The molecule has 0 aromatic rings. The van der Waals surface area contributed by atoms with Crippen LogP contribution in [0.1, 0.15) is 32.6 Å². The molecule has 0 bridgehead atoms. The van der Waals surface area contributed by atoms with Crippen LogP contribution in [0, 0.1) is 11.8 Å². The lowest BCUT2D eigenvalue weighted by atomic mass is 9.85. The Morgan fingerprint density at radius 1 is 1.58 bits per heavy atom. The summed E-state index contributed by atoms with van der Waals surface area (Å²) in [5.41, 5.74) is 0. The minimum atomic E-state index is 0.00156. The van der Waals surface area contributed by atoms with Gasteiger partial charge in [0.15, 0.2) is 0 Å². The number of carbonyl (C=O) groups excluding carboxylic acids is 2. The summed E-state index contributed by atoms with van der Waals surface area (Å²) in [4.78, 5) is 25.1. The Labute approximate surface area is 115 Å². The van der Waals surface area contributed by atoms with E-state index in [0.717, 1.165) is 13.1 Å². The Morgan fingerprint density at radius 2 is 2.37 bits per heavy atom. The highest BCUT2D eigenvalue weighted by Crippen LogP contribution is 2.22. The lowest BCUT2D eigenvalue weighted by Gasteiger charge is -2.28. The van der Waals surface area contributed by atoms with Gasteiger partial charge in [-0.3, -0.25) is 9.59 Å². The first kappa shape index (κ1) is 14.3. The third-order valence-electron chi connectivity index (χ3n) is 4.35. The molecular formula is C14H25N3O2. The molecule has 0 saturated carbocycles. The fourth-order valence-electron chi connectivity index (χ4n) is 3.07. The molecule has 0 aliphatic carbocycles. The van der Waals surface area contributed by atoms with Crippen LogP contribution >= 0.6 is 0 Å². The van der Waals surface area contributed by atoms with Crippen molar-refractivity contribution >= 4 is 11.8 Å². The maximum Gasteiger partial charge on any atom is 0.224 e. The van der Waals surface area contributed by atoms with Crippen molar-refractivity contribution in [2.45, 2.75) is 38.6 Å². The molecule has 2 saturated heterocycles. The summed E-state index contributed by atoms with van der Waals surface area (Å²) < 4.78 is 0. The summed E-state index contributed by atoms with van der Waals surface area (Å²) in [6, 6.07) is 0.00156. The molecule has 2 rings (SSSR count). The molecule has 2 N–H and O–H groups in total. The molecule has 0 spiro atoms. The van der Waals surface area contributed by atoms with E-state index in [1.807, 2.05) is 0 Å². The van der Waals surface area contributed by atoms with Crippen molar-refractivity contribution in [2.75, 3.05) is 26.7 Å². The van der Waals surface area contributed by atoms with Crippen molar-refractivity contribution in [1.29, 1.82) is 0 Å². The Kier molecular flexibility index (Phi) is 4.80. The van der Waals surface area contributed by atoms with Gasteiger partial charge < -0.3 is 15.5 Å². The van der Waals surface area contributed by atoms with Crippen molar-refractivity contribution in [2.24, 2.45) is 11.8 Å². The summed E-state index contributed by atoms with van der Waals surface area (Å²) in [7, 11) is 1.78. The van der Waals surface area contributed by atoms with Crippen LogP contribution in [0.15, 0.2) is 0 Å². The molecule has 3 atom stereocenters. The van der Waals surface area contributed by atoms with Gasteiger partial charge in [-0.2, -0.15) is 0 Å². The Hall–Kier alpha value is -1.10. The highest BCUT2D eigenvalue weighted by Gasteiger charge is 2.29. The third-order valence-corrected chi connectivity index (χ3v) is 4.35. The minimum Gasteiger partial charge on any atom is -0.351 e. The SMILES string of the molecule is CC(CC(=O)NC1CC(=O)N(C)C1)C1CCCNC1. The van der Waals surface area contributed by atoms with Crippen LogP contribution in [0.4, 0.5) is 0 Å². The number of hydrogen-bond acceptors (Lipinski definition) is 3. The molecule has 5 heteroatoms. The van der Waals surface area contributed by atoms with Crippen LogP contribution in [-0.2, 0) is 9.59 Å². The van der Waals surface area contributed by atoms with Crippen molar-refractivity contribution in [3.8, 4) is 0 Å². The maximum absolute atomic E-state index is 12.0. The number of amides is 2. The number of nitrogens with one attached hydrogen (secondary N) is 2. The quantitative estimate of drug-likeness (QED) is 0.773. The number of nitrogens with zero attached hydrogens (tertiary/aromatic N) is 1. The predicted octanol–water partition coefficient (Wildman–Crippen LogP) is 0.359. The van der Waals surface area contributed by atoms with Crippen molar-refractivity contribution in [1.82, 2.24) is 15.5 Å². The van der Waals surface area contributed by atoms with E-state index in [9.17, 15) is 9.59 Å². The molecule has 2 aliphatic heterocycles. The summed E-state index contributed by atoms with van der Waals surface area (Å²) in [5, 5.41) is 6.38. The van der Waals surface area contributed by atoms with Gasteiger partial charge in [-0.15, -0.1) is 0 Å². The van der Waals surface area contributed by atoms with Gasteiger partial charge in [0.05, 0.1) is 6.04 Å². The van der Waals surface area contributed by atoms with Gasteiger partial charge in [-0.25, -0.2) is 0 Å². The zero-order valence-electron chi connectivity index (χ0n) is 11.9. The number of likely N-dealkylation sites (N-methyl/N-ethyl adjacent to an activating group) is 1. The standard InChI is InChI=1S/C14H25N3O2/c1-10(11-4-3-5-15-8-11)6-13(18)16-12-7-14(19)17(2)9-12/h10-12,15H,3-9H2,1-2H3,(H,16,18). The van der Waals surface area contributed by atoms with Gasteiger partial charge in [-0.05, 0) is 37.8 Å². The smallest absolute Gasteiger partial charge is 0.224 e. The summed E-state index contributed by atoms with van der Waals surface area (Å²) in [6.45, 7) is 4.93. The molecule has 2 heterocycles. The number of likely N-dealkylation sites (tertiary alicyclic amines) is 1. The number of piperidine rings is 1. The summed E-state index contributed by atoms with van der Waals surface area (Å²) >= 11 is 0. The van der Waals surface area contributed by atoms with Crippen LogP contribution in [0.2, 0.25) is 0 Å². The Bertz CT molecular complexity index is 340. The monoisotopic (exact) mass is 267 g/mol. The maximum atomic E-state index is 12.0. The van der Waals surface area contributed by atoms with E-state index >= 15 is 0 Å². The summed E-state index contributed by atoms with van der Waals surface area (Å²) in [6.07, 6.45) is 3.44. The second kappa shape index (κ2) is 6.37. The fraction of sp³-hybridized carbons (Fsp3) is 0.857. The fourth-order valence-corrected chi connectivity index (χ4v) is 3.07. The second-order valence-corrected chi connectivity index (χ2v) is 6.03. The molecule has 5 nitrogen and oxygen atoms in total. The van der Waals surface area contributed by atoms with Crippen LogP contribution in [0.5, 0.6) is 0 Å². The average Bonchev–Trinajstić information content (AvgIpc) is 2.69. The lowest BCUT2D eigenvalue weighted by molar-refractivity contribution is -0.126. The predicted molar refractivity (Wildman–Crippen MR) is 73.6 cm³/mol. The van der Waals surface area contributed by atoms with E-state index in [1.54, 1.807) is 11.9 Å². The van der Waals surface area contributed by atoms with Crippen molar-refractivity contribution in [3.63, 3.8) is 0 Å². The first-order valence-electron chi connectivity index (χ1n) is 7.30. The molecular weight excluding hydrogens is 242 g/mol. The number of hydrogen-bond donors (Lipinski definition) is 2. The molecule has 0 aromatic carbocycles. The zero-order chi connectivity index (χ0) is 13.8. The topological polar surface area (TPSA) is 61.4 Å². The van der Waals surface area contributed by atoms with Gasteiger partial charge in [0.25, 0.3) is 0 Å². The summed E-state index contributed by atoms with van der Waals surface area (Å²) in [5.74, 6) is 1.22. The van der Waals surface area contributed by atoms with Crippen LogP contribution < -0.4 is 10.6 Å². The van der Waals surface area contributed by atoms with E-state index in [4.69, 9.17) is 0 Å². The molecule has 19 heavy (non-hydrogen) atoms. The number of rotatable bonds is 4. The first-order chi connectivity index (χ1) is 9.06. The van der Waals surface area contributed by atoms with E-state index in [-0.39, 0.29) is 17.9 Å². The molecule has 2 fully saturated rings. The van der Waals surface area contributed by atoms with Crippen LogP contribution in [0.3, 0.4) is 0 Å². The van der Waals surface area contributed by atoms with E-state index in [2.05, 4.69) is 17.6 Å². The van der Waals surface area contributed by atoms with Gasteiger partial charge >= 0.3 is 0 Å². The molecule has 0 aromatic heterocycles. The van der Waals surface area contributed by atoms with Crippen LogP contribution in [0.25, 0.3) is 0 Å². The lowest BCUT2D eigenvalue weighted by Crippen LogP contribution is -2.39. The van der Waals surface area contributed by atoms with E-state index in [0.29, 0.717) is 31.2 Å². The van der Waals surface area contributed by atoms with E-state index in [1.165, 1.54) is 12.8 Å². The molecule has 108 valence electrons. The highest BCUT2D eigenvalue weighted by molar-refractivity contribution is 5.82. The molecule has 0 radical (unpaired) electrons. The average molecular weight is 267 g/mol. The van der Waals surface area contributed by atoms with E-state index < -0.39 is 0 Å². The molecule has 2 aliphatic rings. The largest absolute Gasteiger partial charge is 0.351 e. The van der Waals surface area contributed by atoms with Crippen LogP contribution in [-0.4, -0.2) is 49.4 Å². The van der Waals surface area contributed by atoms with Gasteiger partial charge in [0, 0.05) is 26.4 Å². The normalized spacial score (nSPS) is 29.4. The highest BCUT2D eigenvalue weighted by atomic mass is 16.2. The molecule has 3 unspecified atom stereocenters. The van der Waals surface area contributed by atoms with Gasteiger partial charge in [0.2, 0.25) is 11.8 Å². The van der Waals surface area contributed by atoms with Crippen molar-refractivity contribution < 1.29 is 9.59 Å². The minimum absolute atomic E-state index is 0.00156. The second-order valence-electron chi connectivity index (χ2n) is 6.03. The number of carbonyl (C=O) groups is 2. The Balaban J connectivity index is 1.73. The Morgan fingerprint density at radius 3 is 2.95 bits per heavy atom. The first-order valence-corrected chi connectivity index (χ1v) is 7.30. The zero-order valence-corrected chi connectivity index (χ0v) is 11.9. The van der Waals surface area contributed by atoms with Crippen molar-refractivity contribution in [3.05, 3.63) is 0 Å². The third kappa shape index (κ3) is 3.93. The van der Waals surface area contributed by atoms with Gasteiger partial charge in [0.1, 0.15) is 0 Å². The van der Waals surface area contributed by atoms with Gasteiger partial charge in [-0.1, -0.05) is 6.92 Å². The molecule has 2 amide bonds.